The molecule has 0 radical (unpaired) electrons. The van der Waals surface area contributed by atoms with E-state index in [4.69, 9.17) is 14.2 Å². The monoisotopic (exact) mass is 309 g/mol. The predicted molar refractivity (Wildman–Crippen MR) is 82.3 cm³/mol. The standard InChI is InChI=1S/C16H23NO5/c1-6-21-13-8-7-12(9-14(13)20-5)16(19)22-11(4)15(18)17-10(2)3/h7-11H,6H2,1-5H3,(H,17,18). The molecule has 0 fully saturated rings. The number of hydrogen-bond acceptors (Lipinski definition) is 5. The fourth-order valence-corrected chi connectivity index (χ4v) is 1.75. The van der Waals surface area contributed by atoms with E-state index >= 15 is 0 Å². The molecule has 1 aromatic rings. The van der Waals surface area contributed by atoms with Crippen molar-refractivity contribution in [2.24, 2.45) is 0 Å². The van der Waals surface area contributed by atoms with Crippen molar-refractivity contribution in [2.45, 2.75) is 39.8 Å². The summed E-state index contributed by atoms with van der Waals surface area (Å²) in [5.41, 5.74) is 0.296. The molecule has 0 saturated heterocycles. The van der Waals surface area contributed by atoms with E-state index in [0.717, 1.165) is 0 Å². The van der Waals surface area contributed by atoms with Gasteiger partial charge in [-0.3, -0.25) is 4.79 Å². The van der Waals surface area contributed by atoms with Crippen LogP contribution in [0.1, 0.15) is 38.1 Å². The molecule has 0 heterocycles. The molecule has 1 aromatic carbocycles. The fraction of sp³-hybridized carbons (Fsp3) is 0.500. The molecule has 1 amide bonds. The lowest BCUT2D eigenvalue weighted by atomic mass is 10.2. The maximum absolute atomic E-state index is 12.1. The molecule has 1 unspecified atom stereocenters. The van der Waals surface area contributed by atoms with Gasteiger partial charge in [-0.05, 0) is 45.9 Å². The van der Waals surface area contributed by atoms with Gasteiger partial charge < -0.3 is 19.5 Å². The molecular formula is C16H23NO5. The molecule has 122 valence electrons. The highest BCUT2D eigenvalue weighted by Crippen LogP contribution is 2.28. The van der Waals surface area contributed by atoms with Gasteiger partial charge in [0.15, 0.2) is 17.6 Å². The van der Waals surface area contributed by atoms with Crippen LogP contribution >= 0.6 is 0 Å². The van der Waals surface area contributed by atoms with E-state index in [1.807, 2.05) is 20.8 Å². The number of amides is 1. The van der Waals surface area contributed by atoms with Crippen LogP contribution < -0.4 is 14.8 Å². The van der Waals surface area contributed by atoms with Gasteiger partial charge in [0.25, 0.3) is 5.91 Å². The number of carbonyl (C=O) groups is 2. The maximum Gasteiger partial charge on any atom is 0.339 e. The van der Waals surface area contributed by atoms with Gasteiger partial charge in [0.05, 0.1) is 19.3 Å². The Labute approximate surface area is 130 Å². The van der Waals surface area contributed by atoms with Crippen LogP contribution in [0.15, 0.2) is 18.2 Å². The van der Waals surface area contributed by atoms with Gasteiger partial charge in [-0.1, -0.05) is 0 Å². The molecule has 1 atom stereocenters. The smallest absolute Gasteiger partial charge is 0.339 e. The molecule has 0 aliphatic heterocycles. The molecule has 0 aromatic heterocycles. The Bertz CT molecular complexity index is 527. The van der Waals surface area contributed by atoms with Gasteiger partial charge in [-0.25, -0.2) is 4.79 Å². The van der Waals surface area contributed by atoms with E-state index in [1.165, 1.54) is 20.1 Å². The summed E-state index contributed by atoms with van der Waals surface area (Å²) in [5, 5.41) is 2.69. The van der Waals surface area contributed by atoms with Crippen LogP contribution in [0.25, 0.3) is 0 Å². The third-order valence-corrected chi connectivity index (χ3v) is 2.78. The minimum atomic E-state index is -0.868. The molecule has 0 aliphatic carbocycles. The third-order valence-electron chi connectivity index (χ3n) is 2.78. The van der Waals surface area contributed by atoms with E-state index in [0.29, 0.717) is 23.7 Å². The van der Waals surface area contributed by atoms with Gasteiger partial charge in [-0.15, -0.1) is 0 Å². The number of methoxy groups -OCH3 is 1. The summed E-state index contributed by atoms with van der Waals surface area (Å²) < 4.78 is 15.7. The Kier molecular flexibility index (Phi) is 6.69. The van der Waals surface area contributed by atoms with Gasteiger partial charge in [0.2, 0.25) is 0 Å². The minimum absolute atomic E-state index is 0.0146. The second-order valence-corrected chi connectivity index (χ2v) is 5.01. The molecule has 1 rings (SSSR count). The Hall–Kier alpha value is -2.24. The number of benzene rings is 1. The van der Waals surface area contributed by atoms with E-state index < -0.39 is 12.1 Å². The van der Waals surface area contributed by atoms with Crippen molar-refractivity contribution >= 4 is 11.9 Å². The minimum Gasteiger partial charge on any atom is -0.493 e. The van der Waals surface area contributed by atoms with Crippen molar-refractivity contribution in [2.75, 3.05) is 13.7 Å². The first kappa shape index (κ1) is 17.8. The van der Waals surface area contributed by atoms with Crippen LogP contribution in [0.2, 0.25) is 0 Å². The van der Waals surface area contributed by atoms with Crippen molar-refractivity contribution in [3.63, 3.8) is 0 Å². The summed E-state index contributed by atoms with van der Waals surface area (Å²) in [5.74, 6) is 0.0664. The largest absolute Gasteiger partial charge is 0.493 e. The first-order valence-corrected chi connectivity index (χ1v) is 7.21. The normalized spacial score (nSPS) is 11.7. The molecule has 0 saturated carbocycles. The summed E-state index contributed by atoms with van der Waals surface area (Å²) in [6.07, 6.45) is -0.868. The Morgan fingerprint density at radius 1 is 1.18 bits per heavy atom. The molecule has 6 heteroatoms. The van der Waals surface area contributed by atoms with Gasteiger partial charge in [0.1, 0.15) is 0 Å². The molecule has 22 heavy (non-hydrogen) atoms. The zero-order valence-electron chi connectivity index (χ0n) is 13.6. The average molecular weight is 309 g/mol. The molecule has 0 aliphatic rings. The van der Waals surface area contributed by atoms with Crippen LogP contribution in [0.3, 0.4) is 0 Å². The number of carbonyl (C=O) groups excluding carboxylic acids is 2. The van der Waals surface area contributed by atoms with Crippen molar-refractivity contribution in [3.8, 4) is 11.5 Å². The molecule has 6 nitrogen and oxygen atoms in total. The number of esters is 1. The van der Waals surface area contributed by atoms with E-state index in [1.54, 1.807) is 12.1 Å². The predicted octanol–water partition coefficient (Wildman–Crippen LogP) is 2.16. The Morgan fingerprint density at radius 3 is 2.41 bits per heavy atom. The number of hydrogen-bond donors (Lipinski definition) is 1. The van der Waals surface area contributed by atoms with Crippen LogP contribution in [-0.2, 0) is 9.53 Å². The molecule has 0 spiro atoms. The van der Waals surface area contributed by atoms with Crippen LogP contribution in [-0.4, -0.2) is 37.7 Å². The number of rotatable bonds is 7. The van der Waals surface area contributed by atoms with Crippen LogP contribution in [0.5, 0.6) is 11.5 Å². The fourth-order valence-electron chi connectivity index (χ4n) is 1.75. The van der Waals surface area contributed by atoms with Crippen LogP contribution in [0.4, 0.5) is 0 Å². The zero-order chi connectivity index (χ0) is 16.7. The SMILES string of the molecule is CCOc1ccc(C(=O)OC(C)C(=O)NC(C)C)cc1OC. The molecular weight excluding hydrogens is 286 g/mol. The van der Waals surface area contributed by atoms with Crippen LogP contribution in [0, 0.1) is 0 Å². The summed E-state index contributed by atoms with van der Waals surface area (Å²) >= 11 is 0. The molecule has 1 N–H and O–H groups in total. The Morgan fingerprint density at radius 2 is 1.86 bits per heavy atom. The van der Waals surface area contributed by atoms with Crippen molar-refractivity contribution in [1.29, 1.82) is 0 Å². The van der Waals surface area contributed by atoms with Gasteiger partial charge in [0, 0.05) is 6.04 Å². The van der Waals surface area contributed by atoms with Gasteiger partial charge in [-0.2, -0.15) is 0 Å². The van der Waals surface area contributed by atoms with Crippen molar-refractivity contribution in [1.82, 2.24) is 5.32 Å². The summed E-state index contributed by atoms with van der Waals surface area (Å²) in [7, 11) is 1.49. The lowest BCUT2D eigenvalue weighted by Gasteiger charge is -2.16. The van der Waals surface area contributed by atoms with E-state index in [-0.39, 0.29) is 11.9 Å². The first-order chi connectivity index (χ1) is 10.4. The van der Waals surface area contributed by atoms with E-state index in [9.17, 15) is 9.59 Å². The second-order valence-electron chi connectivity index (χ2n) is 5.01. The number of nitrogens with one attached hydrogen (secondary N) is 1. The van der Waals surface area contributed by atoms with E-state index in [2.05, 4.69) is 5.32 Å². The molecule has 0 bridgehead atoms. The maximum atomic E-state index is 12.1. The summed E-state index contributed by atoms with van der Waals surface area (Å²) in [4.78, 5) is 23.8. The topological polar surface area (TPSA) is 73.9 Å². The van der Waals surface area contributed by atoms with Gasteiger partial charge >= 0.3 is 5.97 Å². The second kappa shape index (κ2) is 8.26. The lowest BCUT2D eigenvalue weighted by molar-refractivity contribution is -0.129. The zero-order valence-corrected chi connectivity index (χ0v) is 13.6. The Balaban J connectivity index is 2.79. The number of ether oxygens (including phenoxy) is 3. The highest BCUT2D eigenvalue weighted by molar-refractivity contribution is 5.92. The highest BCUT2D eigenvalue weighted by Gasteiger charge is 2.20. The quantitative estimate of drug-likeness (QED) is 0.781. The highest BCUT2D eigenvalue weighted by atomic mass is 16.5. The summed E-state index contributed by atoms with van der Waals surface area (Å²) in [6.45, 7) is 7.55. The summed E-state index contributed by atoms with van der Waals surface area (Å²) in [6, 6.07) is 4.72. The third kappa shape index (κ3) is 4.95. The average Bonchev–Trinajstić information content (AvgIpc) is 2.47. The first-order valence-electron chi connectivity index (χ1n) is 7.21. The van der Waals surface area contributed by atoms with Crippen molar-refractivity contribution < 1.29 is 23.8 Å². The lowest BCUT2D eigenvalue weighted by Crippen LogP contribution is -2.39. The van der Waals surface area contributed by atoms with Crippen molar-refractivity contribution in [3.05, 3.63) is 23.8 Å².